The zero-order valence-electron chi connectivity index (χ0n) is 13.4. The Balaban J connectivity index is 2.27. The van der Waals surface area contributed by atoms with Gasteiger partial charge in [-0.2, -0.15) is 8.75 Å². The van der Waals surface area contributed by atoms with Crippen molar-refractivity contribution in [2.24, 2.45) is 0 Å². The lowest BCUT2D eigenvalue weighted by atomic mass is 9.85. The molecule has 1 N–H and O–H groups in total. The Morgan fingerprint density at radius 1 is 1.13 bits per heavy atom. The standard InChI is InChI=1S/C17H17N3O2S/c1-9-7-10(8-13(18-9)16(21)22)11-5-6-12(17(2,3)4)15-14(11)19-23-20-15/h5-8H,1-4H3,(H,21,22). The van der Waals surface area contributed by atoms with Crippen molar-refractivity contribution in [2.75, 3.05) is 0 Å². The van der Waals surface area contributed by atoms with Gasteiger partial charge in [-0.3, -0.25) is 0 Å². The number of carboxylic acids is 1. The van der Waals surface area contributed by atoms with E-state index < -0.39 is 5.97 Å². The molecule has 2 aromatic heterocycles. The molecule has 3 rings (SSSR count). The van der Waals surface area contributed by atoms with Crippen molar-refractivity contribution in [3.63, 3.8) is 0 Å². The average Bonchev–Trinajstić information content (AvgIpc) is 2.93. The number of fused-ring (bicyclic) bond motifs is 1. The van der Waals surface area contributed by atoms with Crippen LogP contribution in [0.1, 0.15) is 42.5 Å². The van der Waals surface area contributed by atoms with Gasteiger partial charge < -0.3 is 5.11 Å². The van der Waals surface area contributed by atoms with Gasteiger partial charge in [0.25, 0.3) is 0 Å². The summed E-state index contributed by atoms with van der Waals surface area (Å²) in [6.45, 7) is 8.20. The molecule has 1 aromatic carbocycles. The number of rotatable bonds is 2. The second-order valence-electron chi connectivity index (χ2n) is 6.56. The van der Waals surface area contributed by atoms with Crippen LogP contribution in [0.15, 0.2) is 24.3 Å². The molecule has 0 saturated heterocycles. The molecule has 0 aliphatic carbocycles. The molecule has 0 atom stereocenters. The molecule has 0 aliphatic heterocycles. The van der Waals surface area contributed by atoms with Crippen molar-refractivity contribution in [1.29, 1.82) is 0 Å². The topological polar surface area (TPSA) is 76.0 Å². The maximum absolute atomic E-state index is 11.2. The molecule has 3 aromatic rings. The third kappa shape index (κ3) is 2.82. The number of aromatic carboxylic acids is 1. The van der Waals surface area contributed by atoms with E-state index in [-0.39, 0.29) is 11.1 Å². The fraction of sp³-hybridized carbons (Fsp3) is 0.294. The van der Waals surface area contributed by atoms with Crippen LogP contribution in [0.4, 0.5) is 0 Å². The molecular formula is C17H17N3O2S. The molecule has 0 bridgehead atoms. The van der Waals surface area contributed by atoms with Gasteiger partial charge in [-0.05, 0) is 35.6 Å². The third-order valence-electron chi connectivity index (χ3n) is 3.71. The first-order valence-corrected chi connectivity index (χ1v) is 7.98. The van der Waals surface area contributed by atoms with E-state index in [1.807, 2.05) is 12.1 Å². The largest absolute Gasteiger partial charge is 0.477 e. The van der Waals surface area contributed by atoms with E-state index >= 15 is 0 Å². The van der Waals surface area contributed by atoms with Crippen LogP contribution in [0.3, 0.4) is 0 Å². The third-order valence-corrected chi connectivity index (χ3v) is 4.24. The number of carboxylic acid groups (broad SMARTS) is 1. The fourth-order valence-electron chi connectivity index (χ4n) is 2.64. The van der Waals surface area contributed by atoms with Crippen LogP contribution in [-0.4, -0.2) is 24.8 Å². The second kappa shape index (κ2) is 5.38. The van der Waals surface area contributed by atoms with Gasteiger partial charge in [-0.15, -0.1) is 0 Å². The average molecular weight is 327 g/mol. The zero-order valence-corrected chi connectivity index (χ0v) is 14.2. The monoisotopic (exact) mass is 327 g/mol. The Kier molecular flexibility index (Phi) is 3.64. The van der Waals surface area contributed by atoms with Crippen molar-refractivity contribution in [3.05, 3.63) is 41.2 Å². The maximum atomic E-state index is 11.2. The number of aryl methyl sites for hydroxylation is 1. The van der Waals surface area contributed by atoms with Gasteiger partial charge in [0.2, 0.25) is 0 Å². The van der Waals surface area contributed by atoms with E-state index in [4.69, 9.17) is 0 Å². The molecule has 0 aliphatic rings. The summed E-state index contributed by atoms with van der Waals surface area (Å²) < 4.78 is 8.89. The van der Waals surface area contributed by atoms with E-state index in [1.165, 1.54) is 11.7 Å². The minimum atomic E-state index is -1.03. The normalized spacial score (nSPS) is 11.8. The molecule has 2 heterocycles. The molecule has 5 nitrogen and oxygen atoms in total. The molecule has 0 fully saturated rings. The van der Waals surface area contributed by atoms with Crippen LogP contribution in [0.2, 0.25) is 0 Å². The number of nitrogens with zero attached hydrogens (tertiary/aromatic N) is 3. The minimum Gasteiger partial charge on any atom is -0.477 e. The summed E-state index contributed by atoms with van der Waals surface area (Å²) in [4.78, 5) is 15.3. The first-order valence-electron chi connectivity index (χ1n) is 7.25. The van der Waals surface area contributed by atoms with Crippen molar-refractivity contribution in [3.8, 4) is 11.1 Å². The number of hydrogen-bond donors (Lipinski definition) is 1. The van der Waals surface area contributed by atoms with Gasteiger partial charge in [0.1, 0.15) is 16.7 Å². The number of benzene rings is 1. The predicted octanol–water partition coefficient (Wildman–Crippen LogP) is 4.06. The van der Waals surface area contributed by atoms with E-state index in [0.717, 1.165) is 27.7 Å². The minimum absolute atomic E-state index is 0.0348. The van der Waals surface area contributed by atoms with Crippen LogP contribution < -0.4 is 0 Å². The maximum Gasteiger partial charge on any atom is 0.354 e. The molecule has 6 heteroatoms. The Hall–Kier alpha value is -2.34. The Morgan fingerprint density at radius 2 is 1.83 bits per heavy atom. The predicted molar refractivity (Wildman–Crippen MR) is 91.0 cm³/mol. The SMILES string of the molecule is Cc1cc(-c2ccc(C(C)(C)C)c3nsnc23)cc(C(=O)O)n1. The highest BCUT2D eigenvalue weighted by Crippen LogP contribution is 2.35. The van der Waals surface area contributed by atoms with Crippen LogP contribution in [0.25, 0.3) is 22.2 Å². The summed E-state index contributed by atoms with van der Waals surface area (Å²) >= 11 is 1.17. The molecule has 0 amide bonds. The summed E-state index contributed by atoms with van der Waals surface area (Å²) in [5, 5.41) is 9.22. The summed E-state index contributed by atoms with van der Waals surface area (Å²) in [5.74, 6) is -1.03. The lowest BCUT2D eigenvalue weighted by Gasteiger charge is -2.20. The van der Waals surface area contributed by atoms with Crippen LogP contribution in [0.5, 0.6) is 0 Å². The van der Waals surface area contributed by atoms with Gasteiger partial charge in [0, 0.05) is 11.3 Å². The van der Waals surface area contributed by atoms with Gasteiger partial charge in [0.15, 0.2) is 0 Å². The van der Waals surface area contributed by atoms with Crippen LogP contribution in [-0.2, 0) is 5.41 Å². The Labute approximate surface area is 138 Å². The molecule has 0 saturated carbocycles. The van der Waals surface area contributed by atoms with Gasteiger partial charge >= 0.3 is 5.97 Å². The molecule has 118 valence electrons. The highest BCUT2D eigenvalue weighted by Gasteiger charge is 2.21. The van der Waals surface area contributed by atoms with Gasteiger partial charge in [0.05, 0.1) is 11.7 Å². The first-order chi connectivity index (χ1) is 10.8. The molecular weight excluding hydrogens is 310 g/mol. The van der Waals surface area contributed by atoms with Crippen LogP contribution in [0, 0.1) is 6.92 Å². The number of aromatic nitrogens is 3. The van der Waals surface area contributed by atoms with E-state index in [2.05, 4.69) is 40.6 Å². The highest BCUT2D eigenvalue weighted by atomic mass is 32.1. The lowest BCUT2D eigenvalue weighted by molar-refractivity contribution is 0.0690. The van der Waals surface area contributed by atoms with Crippen molar-refractivity contribution in [1.82, 2.24) is 13.7 Å². The quantitative estimate of drug-likeness (QED) is 0.768. The molecule has 23 heavy (non-hydrogen) atoms. The Bertz CT molecular complexity index is 910. The summed E-state index contributed by atoms with van der Waals surface area (Å²) in [6, 6.07) is 7.50. The highest BCUT2D eigenvalue weighted by molar-refractivity contribution is 7.00. The van der Waals surface area contributed by atoms with E-state index in [0.29, 0.717) is 5.69 Å². The lowest BCUT2D eigenvalue weighted by Crippen LogP contribution is -2.11. The number of hydrogen-bond acceptors (Lipinski definition) is 5. The van der Waals surface area contributed by atoms with Gasteiger partial charge in [-0.1, -0.05) is 32.9 Å². The second-order valence-corrected chi connectivity index (χ2v) is 7.09. The van der Waals surface area contributed by atoms with Crippen molar-refractivity contribution >= 4 is 28.7 Å². The Morgan fingerprint density at radius 3 is 2.48 bits per heavy atom. The smallest absolute Gasteiger partial charge is 0.354 e. The fourth-order valence-corrected chi connectivity index (χ4v) is 3.21. The molecule has 0 radical (unpaired) electrons. The summed E-state index contributed by atoms with van der Waals surface area (Å²) in [6.07, 6.45) is 0. The van der Waals surface area contributed by atoms with Crippen molar-refractivity contribution < 1.29 is 9.90 Å². The van der Waals surface area contributed by atoms with E-state index in [9.17, 15) is 9.90 Å². The summed E-state index contributed by atoms with van der Waals surface area (Å²) in [5.41, 5.74) is 5.17. The van der Waals surface area contributed by atoms with Crippen molar-refractivity contribution in [2.45, 2.75) is 33.1 Å². The van der Waals surface area contributed by atoms with E-state index in [1.54, 1.807) is 13.0 Å². The zero-order chi connectivity index (χ0) is 16.8. The molecule has 0 spiro atoms. The molecule has 0 unspecified atom stereocenters. The number of pyridine rings is 1. The number of carbonyl (C=O) groups is 1. The van der Waals surface area contributed by atoms with Crippen LogP contribution >= 0.6 is 11.7 Å². The van der Waals surface area contributed by atoms with Gasteiger partial charge in [-0.25, -0.2) is 9.78 Å². The summed E-state index contributed by atoms with van der Waals surface area (Å²) in [7, 11) is 0. The first kappa shape index (κ1) is 15.6.